The largest absolute Gasteiger partial charge is 0.480 e. The standard InChI is InChI=1S/C23H20N2O3S/c1-23(2,22(27)28)25-19(13-15-9-5-3-6-10-15)24-20-17(21(25)26)14-18(29-20)16-11-7-4-8-12-16/h3-12,14H,13H2,1-2H3,(H,27,28). The first kappa shape index (κ1) is 19.1. The molecule has 5 nitrogen and oxygen atoms in total. The van der Waals surface area contributed by atoms with Gasteiger partial charge in [-0.25, -0.2) is 9.78 Å². The number of hydrogen-bond donors (Lipinski definition) is 1. The van der Waals surface area contributed by atoms with E-state index in [1.165, 1.54) is 29.8 Å². The molecule has 6 heteroatoms. The van der Waals surface area contributed by atoms with Gasteiger partial charge in [0.15, 0.2) is 0 Å². The fraction of sp³-hybridized carbons (Fsp3) is 0.174. The molecule has 0 radical (unpaired) electrons. The number of carboxylic acid groups (broad SMARTS) is 1. The molecule has 146 valence electrons. The van der Waals surface area contributed by atoms with E-state index in [0.29, 0.717) is 22.5 Å². The number of fused-ring (bicyclic) bond motifs is 1. The topological polar surface area (TPSA) is 72.2 Å². The summed E-state index contributed by atoms with van der Waals surface area (Å²) in [4.78, 5) is 31.7. The van der Waals surface area contributed by atoms with E-state index in [0.717, 1.165) is 16.0 Å². The van der Waals surface area contributed by atoms with Crippen molar-refractivity contribution in [1.29, 1.82) is 0 Å². The molecule has 1 N–H and O–H groups in total. The van der Waals surface area contributed by atoms with Gasteiger partial charge in [-0.3, -0.25) is 9.36 Å². The lowest BCUT2D eigenvalue weighted by Crippen LogP contribution is -2.44. The Morgan fingerprint density at radius 1 is 1.07 bits per heavy atom. The number of benzene rings is 2. The van der Waals surface area contributed by atoms with Crippen LogP contribution in [0.15, 0.2) is 71.5 Å². The molecule has 4 rings (SSSR count). The summed E-state index contributed by atoms with van der Waals surface area (Å²) in [6.07, 6.45) is 0.376. The minimum absolute atomic E-state index is 0.327. The third-order valence-electron chi connectivity index (χ3n) is 4.98. The van der Waals surface area contributed by atoms with Gasteiger partial charge >= 0.3 is 5.97 Å². The summed E-state index contributed by atoms with van der Waals surface area (Å²) < 4.78 is 1.33. The van der Waals surface area contributed by atoms with Crippen LogP contribution in [0.3, 0.4) is 0 Å². The Bertz CT molecular complexity index is 1240. The lowest BCUT2D eigenvalue weighted by atomic mass is 10.0. The van der Waals surface area contributed by atoms with E-state index in [-0.39, 0.29) is 5.56 Å². The highest BCUT2D eigenvalue weighted by atomic mass is 32.1. The highest BCUT2D eigenvalue weighted by molar-refractivity contribution is 7.21. The van der Waals surface area contributed by atoms with Gasteiger partial charge in [-0.15, -0.1) is 11.3 Å². The van der Waals surface area contributed by atoms with Crippen LogP contribution in [0.25, 0.3) is 20.7 Å². The smallest absolute Gasteiger partial charge is 0.329 e. The van der Waals surface area contributed by atoms with Crippen LogP contribution in [0.4, 0.5) is 0 Å². The fourth-order valence-electron chi connectivity index (χ4n) is 3.34. The molecule has 0 aliphatic heterocycles. The Kier molecular flexibility index (Phi) is 4.80. The first-order valence-corrected chi connectivity index (χ1v) is 10.1. The van der Waals surface area contributed by atoms with Crippen LogP contribution in [-0.2, 0) is 16.8 Å². The first-order chi connectivity index (χ1) is 13.9. The quantitative estimate of drug-likeness (QED) is 0.530. The van der Waals surface area contributed by atoms with Crippen molar-refractivity contribution in [1.82, 2.24) is 9.55 Å². The summed E-state index contributed by atoms with van der Waals surface area (Å²) in [6.45, 7) is 3.06. The van der Waals surface area contributed by atoms with Crippen LogP contribution < -0.4 is 5.56 Å². The molecule has 0 atom stereocenters. The third-order valence-corrected chi connectivity index (χ3v) is 6.06. The lowest BCUT2D eigenvalue weighted by molar-refractivity contribution is -0.146. The third kappa shape index (κ3) is 3.47. The van der Waals surface area contributed by atoms with Gasteiger partial charge in [-0.1, -0.05) is 60.7 Å². The summed E-state index contributed by atoms with van der Waals surface area (Å²) in [5.74, 6) is -0.629. The molecule has 0 fully saturated rings. The maximum Gasteiger partial charge on any atom is 0.329 e. The molecule has 0 aliphatic rings. The number of rotatable bonds is 5. The van der Waals surface area contributed by atoms with Gasteiger partial charge < -0.3 is 5.11 Å². The van der Waals surface area contributed by atoms with Crippen molar-refractivity contribution in [3.63, 3.8) is 0 Å². The molecule has 0 unspecified atom stereocenters. The molecule has 2 heterocycles. The summed E-state index contributed by atoms with van der Waals surface area (Å²) in [5.41, 5.74) is 0.223. The number of aliphatic carboxylic acids is 1. The molecule has 0 spiro atoms. The number of aromatic nitrogens is 2. The highest BCUT2D eigenvalue weighted by Gasteiger charge is 2.34. The van der Waals surface area contributed by atoms with Crippen molar-refractivity contribution in [2.45, 2.75) is 25.8 Å². The van der Waals surface area contributed by atoms with Crippen molar-refractivity contribution < 1.29 is 9.90 Å². The van der Waals surface area contributed by atoms with E-state index in [1.54, 1.807) is 0 Å². The average molecular weight is 404 g/mol. The van der Waals surface area contributed by atoms with Crippen molar-refractivity contribution >= 4 is 27.5 Å². The number of thiophene rings is 1. The van der Waals surface area contributed by atoms with E-state index in [1.807, 2.05) is 66.7 Å². The number of hydrogen-bond acceptors (Lipinski definition) is 4. The maximum atomic E-state index is 13.4. The van der Waals surface area contributed by atoms with E-state index >= 15 is 0 Å². The Balaban J connectivity index is 1.96. The van der Waals surface area contributed by atoms with Crippen LogP contribution >= 0.6 is 11.3 Å². The summed E-state index contributed by atoms with van der Waals surface area (Å²) in [5, 5.41) is 10.2. The molecule has 0 saturated carbocycles. The molecule has 0 saturated heterocycles. The second kappa shape index (κ2) is 7.29. The molecule has 4 aromatic rings. The number of carboxylic acids is 1. The maximum absolute atomic E-state index is 13.4. The minimum atomic E-state index is -1.42. The zero-order valence-electron chi connectivity index (χ0n) is 16.1. The molecular formula is C23H20N2O3S. The van der Waals surface area contributed by atoms with E-state index in [2.05, 4.69) is 0 Å². The van der Waals surface area contributed by atoms with Crippen molar-refractivity contribution in [2.24, 2.45) is 0 Å². The Hall–Kier alpha value is -3.25. The molecular weight excluding hydrogens is 384 g/mol. The average Bonchev–Trinajstić information content (AvgIpc) is 3.14. The van der Waals surface area contributed by atoms with Gasteiger partial charge in [0, 0.05) is 11.3 Å². The molecule has 2 aromatic carbocycles. The second-order valence-electron chi connectivity index (χ2n) is 7.39. The van der Waals surface area contributed by atoms with Crippen molar-refractivity contribution in [2.75, 3.05) is 0 Å². The zero-order valence-corrected chi connectivity index (χ0v) is 16.9. The predicted octanol–water partition coefficient (Wildman–Crippen LogP) is 4.54. The second-order valence-corrected chi connectivity index (χ2v) is 8.42. The molecule has 0 amide bonds. The van der Waals surface area contributed by atoms with Crippen molar-refractivity contribution in [3.05, 3.63) is 88.5 Å². The van der Waals surface area contributed by atoms with Gasteiger partial charge in [-0.2, -0.15) is 0 Å². The van der Waals surface area contributed by atoms with Crippen LogP contribution in [-0.4, -0.2) is 20.6 Å². The van der Waals surface area contributed by atoms with E-state index in [9.17, 15) is 14.7 Å². The zero-order chi connectivity index (χ0) is 20.6. The van der Waals surface area contributed by atoms with E-state index in [4.69, 9.17) is 4.98 Å². The minimum Gasteiger partial charge on any atom is -0.480 e. The van der Waals surface area contributed by atoms with E-state index < -0.39 is 11.5 Å². The molecule has 0 aliphatic carbocycles. The molecule has 29 heavy (non-hydrogen) atoms. The van der Waals surface area contributed by atoms with Crippen LogP contribution in [0.5, 0.6) is 0 Å². The summed E-state index contributed by atoms with van der Waals surface area (Å²) >= 11 is 1.45. The summed E-state index contributed by atoms with van der Waals surface area (Å²) in [6, 6.07) is 21.2. The predicted molar refractivity (Wildman–Crippen MR) is 116 cm³/mol. The Labute approximate surface area is 171 Å². The molecule has 2 aromatic heterocycles. The van der Waals surface area contributed by atoms with Crippen molar-refractivity contribution in [3.8, 4) is 10.4 Å². The highest BCUT2D eigenvalue weighted by Crippen LogP contribution is 2.32. The molecule has 0 bridgehead atoms. The fourth-order valence-corrected chi connectivity index (χ4v) is 4.38. The van der Waals surface area contributed by atoms with Crippen LogP contribution in [0.2, 0.25) is 0 Å². The lowest BCUT2D eigenvalue weighted by Gasteiger charge is -2.25. The van der Waals surface area contributed by atoms with Gasteiger partial charge in [0.05, 0.1) is 5.39 Å². The number of nitrogens with zero attached hydrogens (tertiary/aromatic N) is 2. The van der Waals surface area contributed by atoms with Gasteiger partial charge in [-0.05, 0) is 31.0 Å². The van der Waals surface area contributed by atoms with Gasteiger partial charge in [0.1, 0.15) is 16.2 Å². The van der Waals surface area contributed by atoms with Gasteiger partial charge in [0.2, 0.25) is 0 Å². The Morgan fingerprint density at radius 2 is 1.69 bits per heavy atom. The monoisotopic (exact) mass is 404 g/mol. The number of carbonyl (C=O) groups is 1. The van der Waals surface area contributed by atoms with Gasteiger partial charge in [0.25, 0.3) is 5.56 Å². The summed E-state index contributed by atoms with van der Waals surface area (Å²) in [7, 11) is 0. The SMILES string of the molecule is CC(C)(C(=O)O)n1c(Cc2ccccc2)nc2sc(-c3ccccc3)cc2c1=O. The van der Waals surface area contributed by atoms with Crippen LogP contribution in [0, 0.1) is 0 Å². The van der Waals surface area contributed by atoms with Crippen LogP contribution in [0.1, 0.15) is 25.2 Å². The first-order valence-electron chi connectivity index (χ1n) is 9.26. The normalized spacial score (nSPS) is 11.7. The Morgan fingerprint density at radius 3 is 2.31 bits per heavy atom.